The highest BCUT2D eigenvalue weighted by molar-refractivity contribution is 7.92. The maximum Gasteiger partial charge on any atom is 0.241 e. The molecule has 1 N–H and O–H groups in total. The molecule has 0 heterocycles. The van der Waals surface area contributed by atoms with Crippen molar-refractivity contribution in [1.29, 1.82) is 0 Å². The third-order valence-electron chi connectivity index (χ3n) is 3.80. The lowest BCUT2D eigenvalue weighted by atomic mass is 10.2. The number of sulfonamides is 1. The van der Waals surface area contributed by atoms with Crippen molar-refractivity contribution >= 4 is 21.6 Å². The molecule has 0 spiro atoms. The lowest BCUT2D eigenvalue weighted by molar-refractivity contribution is -0.119. The van der Waals surface area contributed by atoms with Gasteiger partial charge in [0.2, 0.25) is 15.9 Å². The van der Waals surface area contributed by atoms with Crippen LogP contribution in [0.4, 0.5) is 5.69 Å². The zero-order valence-electron chi connectivity index (χ0n) is 16.3. The van der Waals surface area contributed by atoms with Gasteiger partial charge < -0.3 is 14.8 Å². The minimum absolute atomic E-state index is 0.274. The van der Waals surface area contributed by atoms with Crippen molar-refractivity contribution in [1.82, 2.24) is 5.32 Å². The van der Waals surface area contributed by atoms with E-state index in [-0.39, 0.29) is 13.1 Å². The van der Waals surface area contributed by atoms with Crippen LogP contribution in [0.15, 0.2) is 48.5 Å². The van der Waals surface area contributed by atoms with Gasteiger partial charge in [0.05, 0.1) is 25.2 Å². The third-order valence-corrected chi connectivity index (χ3v) is 4.94. The SMILES string of the molecule is CCOc1cccc(CNC(=O)CN(c2cccc(OCC)c2)S(C)(=O)=O)c1. The summed E-state index contributed by atoms with van der Waals surface area (Å²) in [4.78, 5) is 12.4. The number of rotatable bonds is 10. The summed E-state index contributed by atoms with van der Waals surface area (Å²) >= 11 is 0. The number of hydrogen-bond acceptors (Lipinski definition) is 5. The molecule has 0 bridgehead atoms. The Kier molecular flexibility index (Phi) is 7.69. The minimum atomic E-state index is -3.64. The molecule has 0 aliphatic heterocycles. The normalized spacial score (nSPS) is 11.0. The Labute approximate surface area is 166 Å². The van der Waals surface area contributed by atoms with Crippen molar-refractivity contribution in [3.63, 3.8) is 0 Å². The van der Waals surface area contributed by atoms with Gasteiger partial charge in [0.1, 0.15) is 18.0 Å². The van der Waals surface area contributed by atoms with Gasteiger partial charge in [-0.25, -0.2) is 8.42 Å². The van der Waals surface area contributed by atoms with Gasteiger partial charge in [-0.15, -0.1) is 0 Å². The molecule has 0 aliphatic carbocycles. The molecule has 0 saturated carbocycles. The fraction of sp³-hybridized carbons (Fsp3) is 0.350. The summed E-state index contributed by atoms with van der Waals surface area (Å²) in [6.07, 6.45) is 1.07. The minimum Gasteiger partial charge on any atom is -0.494 e. The molecule has 152 valence electrons. The monoisotopic (exact) mass is 406 g/mol. The Morgan fingerprint density at radius 2 is 1.61 bits per heavy atom. The average Bonchev–Trinajstić information content (AvgIpc) is 2.65. The van der Waals surface area contributed by atoms with Gasteiger partial charge in [-0.3, -0.25) is 9.10 Å². The first-order valence-electron chi connectivity index (χ1n) is 9.02. The molecule has 8 heteroatoms. The zero-order valence-corrected chi connectivity index (χ0v) is 17.2. The van der Waals surface area contributed by atoms with E-state index in [1.54, 1.807) is 24.3 Å². The second-order valence-electron chi connectivity index (χ2n) is 6.06. The molecule has 7 nitrogen and oxygen atoms in total. The number of anilines is 1. The van der Waals surface area contributed by atoms with Crippen LogP contribution in [-0.4, -0.2) is 40.3 Å². The molecular weight excluding hydrogens is 380 g/mol. The number of nitrogens with one attached hydrogen (secondary N) is 1. The second-order valence-corrected chi connectivity index (χ2v) is 7.96. The fourth-order valence-corrected chi connectivity index (χ4v) is 3.44. The van der Waals surface area contributed by atoms with Crippen molar-refractivity contribution < 1.29 is 22.7 Å². The first kappa shape index (κ1) is 21.6. The third kappa shape index (κ3) is 6.45. The molecule has 0 fully saturated rings. The van der Waals surface area contributed by atoms with Crippen LogP contribution in [0.1, 0.15) is 19.4 Å². The van der Waals surface area contributed by atoms with E-state index in [2.05, 4.69) is 5.32 Å². The van der Waals surface area contributed by atoms with Crippen LogP contribution in [0.5, 0.6) is 11.5 Å². The fourth-order valence-electron chi connectivity index (χ4n) is 2.59. The van der Waals surface area contributed by atoms with Gasteiger partial charge in [-0.05, 0) is 43.7 Å². The Morgan fingerprint density at radius 1 is 1.00 bits per heavy atom. The maximum atomic E-state index is 12.4. The summed E-state index contributed by atoms with van der Waals surface area (Å²) in [6.45, 7) is 4.71. The van der Waals surface area contributed by atoms with Gasteiger partial charge >= 0.3 is 0 Å². The Morgan fingerprint density at radius 3 is 2.21 bits per heavy atom. The first-order chi connectivity index (χ1) is 13.3. The van der Waals surface area contributed by atoms with Crippen molar-refractivity contribution in [2.45, 2.75) is 20.4 Å². The molecule has 28 heavy (non-hydrogen) atoms. The van der Waals surface area contributed by atoms with Crippen LogP contribution in [0, 0.1) is 0 Å². The van der Waals surface area contributed by atoms with Gasteiger partial charge in [-0.1, -0.05) is 18.2 Å². The topological polar surface area (TPSA) is 84.9 Å². The largest absolute Gasteiger partial charge is 0.494 e. The van der Waals surface area contributed by atoms with Crippen LogP contribution in [0.25, 0.3) is 0 Å². The number of carbonyl (C=O) groups is 1. The predicted molar refractivity (Wildman–Crippen MR) is 109 cm³/mol. The molecule has 1 amide bonds. The van der Waals surface area contributed by atoms with E-state index >= 15 is 0 Å². The van der Waals surface area contributed by atoms with Gasteiger partial charge in [0.15, 0.2) is 0 Å². The van der Waals surface area contributed by atoms with Crippen molar-refractivity contribution in [3.8, 4) is 11.5 Å². The zero-order chi connectivity index (χ0) is 20.6. The van der Waals surface area contributed by atoms with Crippen LogP contribution >= 0.6 is 0 Å². The lowest BCUT2D eigenvalue weighted by Gasteiger charge is -2.22. The first-order valence-corrected chi connectivity index (χ1v) is 10.9. The van der Waals surface area contributed by atoms with E-state index in [0.717, 1.165) is 21.9 Å². The molecule has 0 radical (unpaired) electrons. The Balaban J connectivity index is 2.07. The van der Waals surface area contributed by atoms with Gasteiger partial charge in [0.25, 0.3) is 0 Å². The molecule has 2 rings (SSSR count). The van der Waals surface area contributed by atoms with E-state index in [4.69, 9.17) is 9.47 Å². The highest BCUT2D eigenvalue weighted by atomic mass is 32.2. The Hall–Kier alpha value is -2.74. The molecule has 2 aromatic rings. The number of nitrogens with zero attached hydrogens (tertiary/aromatic N) is 1. The molecule has 0 saturated heterocycles. The van der Waals surface area contributed by atoms with E-state index in [1.807, 2.05) is 38.1 Å². The molecular formula is C20H26N2O5S. The highest BCUT2D eigenvalue weighted by Crippen LogP contribution is 2.23. The molecule has 0 aromatic heterocycles. The smallest absolute Gasteiger partial charge is 0.241 e. The number of hydrogen-bond donors (Lipinski definition) is 1. The summed E-state index contributed by atoms with van der Waals surface area (Å²) in [7, 11) is -3.64. The second kappa shape index (κ2) is 9.98. The molecule has 0 aliphatic rings. The predicted octanol–water partition coefficient (Wildman–Crippen LogP) is 2.57. The number of ether oxygens (including phenoxy) is 2. The van der Waals surface area contributed by atoms with Crippen molar-refractivity contribution in [3.05, 3.63) is 54.1 Å². The quantitative estimate of drug-likeness (QED) is 0.656. The Bertz CT molecular complexity index is 899. The van der Waals surface area contributed by atoms with E-state index in [0.29, 0.717) is 24.7 Å². The van der Waals surface area contributed by atoms with Gasteiger partial charge in [0, 0.05) is 12.6 Å². The summed E-state index contributed by atoms with van der Waals surface area (Å²) in [6, 6.07) is 14.0. The van der Waals surface area contributed by atoms with Crippen LogP contribution in [0.2, 0.25) is 0 Å². The molecule has 0 unspecified atom stereocenters. The highest BCUT2D eigenvalue weighted by Gasteiger charge is 2.21. The van der Waals surface area contributed by atoms with E-state index in [9.17, 15) is 13.2 Å². The lowest BCUT2D eigenvalue weighted by Crippen LogP contribution is -2.40. The summed E-state index contributed by atoms with van der Waals surface area (Å²) in [5.41, 5.74) is 1.24. The van der Waals surface area contributed by atoms with Crippen LogP contribution < -0.4 is 19.1 Å². The summed E-state index contributed by atoms with van der Waals surface area (Å²) in [5, 5.41) is 2.75. The molecule has 2 aromatic carbocycles. The number of amides is 1. The maximum absolute atomic E-state index is 12.4. The van der Waals surface area contributed by atoms with Crippen LogP contribution in [-0.2, 0) is 21.4 Å². The van der Waals surface area contributed by atoms with E-state index < -0.39 is 15.9 Å². The van der Waals surface area contributed by atoms with Crippen LogP contribution in [0.3, 0.4) is 0 Å². The summed E-state index contributed by atoms with van der Waals surface area (Å²) < 4.78 is 36.3. The van der Waals surface area contributed by atoms with E-state index in [1.165, 1.54) is 0 Å². The van der Waals surface area contributed by atoms with Gasteiger partial charge in [-0.2, -0.15) is 0 Å². The summed E-state index contributed by atoms with van der Waals surface area (Å²) in [5.74, 6) is 0.857. The number of carbonyl (C=O) groups excluding carboxylic acids is 1. The van der Waals surface area contributed by atoms with Crippen molar-refractivity contribution in [2.75, 3.05) is 30.3 Å². The average molecular weight is 407 g/mol. The standard InChI is InChI=1S/C20H26N2O5S/c1-4-26-18-10-6-8-16(12-18)14-21-20(23)15-22(28(3,24)25)17-9-7-11-19(13-17)27-5-2/h6-13H,4-5,14-15H2,1-3H3,(H,21,23). The molecule has 0 atom stereocenters. The number of benzene rings is 2. The van der Waals surface area contributed by atoms with Crippen molar-refractivity contribution in [2.24, 2.45) is 0 Å².